The first-order chi connectivity index (χ1) is 19.2. The van der Waals surface area contributed by atoms with Crippen molar-refractivity contribution in [3.8, 4) is 0 Å². The van der Waals surface area contributed by atoms with Gasteiger partial charge >= 0.3 is 12.1 Å². The summed E-state index contributed by atoms with van der Waals surface area (Å²) in [4.78, 5) is 30.0. The van der Waals surface area contributed by atoms with Gasteiger partial charge < -0.3 is 9.64 Å². The maximum Gasteiger partial charge on any atom is 0.418 e. The van der Waals surface area contributed by atoms with E-state index in [1.165, 1.54) is 18.4 Å². The molecule has 40 heavy (non-hydrogen) atoms. The number of urea groups is 1. The lowest BCUT2D eigenvalue weighted by atomic mass is 9.70. The number of hydrogen-bond donors (Lipinski definition) is 1. The molecule has 0 spiro atoms. The van der Waals surface area contributed by atoms with Gasteiger partial charge in [0.15, 0.2) is 0 Å². The Morgan fingerprint density at radius 1 is 1.02 bits per heavy atom. The fourth-order valence-corrected chi connectivity index (χ4v) is 5.71. The van der Waals surface area contributed by atoms with Gasteiger partial charge in [0.1, 0.15) is 12.4 Å². The van der Waals surface area contributed by atoms with Crippen molar-refractivity contribution in [3.05, 3.63) is 83.6 Å². The maximum atomic E-state index is 13.4. The monoisotopic (exact) mass is 543 g/mol. The molecule has 1 aliphatic carbocycles. The molecule has 1 saturated carbocycles. The number of likely N-dealkylation sites (tertiary alicyclic amines) is 1. The summed E-state index contributed by atoms with van der Waals surface area (Å²) >= 11 is 0. The third-order valence-corrected chi connectivity index (χ3v) is 8.10. The van der Waals surface area contributed by atoms with Crippen molar-refractivity contribution in [1.29, 1.82) is 0 Å². The van der Waals surface area contributed by atoms with Gasteiger partial charge in [0.25, 0.3) is 0 Å². The van der Waals surface area contributed by atoms with Crippen molar-refractivity contribution in [2.75, 3.05) is 25.0 Å². The van der Waals surface area contributed by atoms with Crippen LogP contribution in [0.25, 0.3) is 0 Å². The highest BCUT2D eigenvalue weighted by molar-refractivity contribution is 5.98. The molecular formula is C32H41N5O3. The highest BCUT2D eigenvalue weighted by atomic mass is 16.6. The van der Waals surface area contributed by atoms with E-state index in [-0.39, 0.29) is 18.6 Å². The van der Waals surface area contributed by atoms with Crippen LogP contribution in [0.1, 0.15) is 70.2 Å². The second-order valence-electron chi connectivity index (χ2n) is 11.9. The third-order valence-electron chi connectivity index (χ3n) is 8.10. The SMILES string of the molecule is CCN(C(=O)Nc1cc(C2(c3ccccc3)CCN(C3CC3)CC2)nn1C(C)(C)C)C(=O)OCc1ccccc1. The molecule has 2 heterocycles. The van der Waals surface area contributed by atoms with E-state index in [1.807, 2.05) is 47.1 Å². The molecule has 1 N–H and O–H groups in total. The summed E-state index contributed by atoms with van der Waals surface area (Å²) in [5.41, 5.74) is 2.43. The van der Waals surface area contributed by atoms with Gasteiger partial charge in [-0.2, -0.15) is 5.10 Å². The number of imide groups is 1. The highest BCUT2D eigenvalue weighted by Gasteiger charge is 2.43. The molecule has 8 nitrogen and oxygen atoms in total. The lowest BCUT2D eigenvalue weighted by Gasteiger charge is -2.41. The van der Waals surface area contributed by atoms with Crippen molar-refractivity contribution in [2.24, 2.45) is 0 Å². The summed E-state index contributed by atoms with van der Waals surface area (Å²) in [6.45, 7) is 10.3. The van der Waals surface area contributed by atoms with Gasteiger partial charge in [0.05, 0.1) is 11.2 Å². The number of ether oxygens (including phenoxy) is 1. The summed E-state index contributed by atoms with van der Waals surface area (Å²) in [5.74, 6) is 0.571. The molecule has 5 rings (SSSR count). The molecule has 0 bridgehead atoms. The Morgan fingerprint density at radius 3 is 2.23 bits per heavy atom. The molecule has 1 saturated heterocycles. The van der Waals surface area contributed by atoms with Crippen LogP contribution in [0, 0.1) is 0 Å². The van der Waals surface area contributed by atoms with Crippen molar-refractivity contribution >= 4 is 17.9 Å². The number of rotatable bonds is 7. The quantitative estimate of drug-likeness (QED) is 0.374. The summed E-state index contributed by atoms with van der Waals surface area (Å²) < 4.78 is 7.32. The number of carbonyl (C=O) groups excluding carboxylic acids is 2. The van der Waals surface area contributed by atoms with Crippen LogP contribution in [0.15, 0.2) is 66.7 Å². The van der Waals surface area contributed by atoms with E-state index >= 15 is 0 Å². The molecular weight excluding hydrogens is 502 g/mol. The Bertz CT molecular complexity index is 1300. The van der Waals surface area contributed by atoms with Crippen LogP contribution in [0.3, 0.4) is 0 Å². The number of nitrogens with zero attached hydrogens (tertiary/aromatic N) is 4. The third kappa shape index (κ3) is 5.92. The van der Waals surface area contributed by atoms with E-state index in [9.17, 15) is 9.59 Å². The molecule has 8 heteroatoms. The van der Waals surface area contributed by atoms with E-state index in [4.69, 9.17) is 9.84 Å². The number of piperidine rings is 1. The molecule has 0 unspecified atom stereocenters. The van der Waals surface area contributed by atoms with Gasteiger partial charge in [-0.3, -0.25) is 5.32 Å². The Balaban J connectivity index is 1.40. The van der Waals surface area contributed by atoms with Crippen molar-refractivity contribution in [2.45, 2.75) is 77.0 Å². The average molecular weight is 544 g/mol. The number of carbonyl (C=O) groups is 2. The number of anilines is 1. The average Bonchev–Trinajstić information content (AvgIpc) is 3.72. The van der Waals surface area contributed by atoms with Crippen LogP contribution in [-0.4, -0.2) is 57.4 Å². The second kappa shape index (κ2) is 11.5. The highest BCUT2D eigenvalue weighted by Crippen LogP contribution is 2.44. The van der Waals surface area contributed by atoms with Crippen LogP contribution in [0.5, 0.6) is 0 Å². The zero-order chi connectivity index (χ0) is 28.3. The lowest BCUT2D eigenvalue weighted by Crippen LogP contribution is -2.44. The molecule has 3 aromatic rings. The van der Waals surface area contributed by atoms with Crippen molar-refractivity contribution < 1.29 is 14.3 Å². The molecule has 2 aliphatic rings. The molecule has 2 fully saturated rings. The first-order valence-electron chi connectivity index (χ1n) is 14.4. The summed E-state index contributed by atoms with van der Waals surface area (Å²) in [5, 5.41) is 8.14. The van der Waals surface area contributed by atoms with Crippen molar-refractivity contribution in [3.63, 3.8) is 0 Å². The van der Waals surface area contributed by atoms with E-state index in [2.05, 4.69) is 55.3 Å². The molecule has 2 aromatic carbocycles. The fourth-order valence-electron chi connectivity index (χ4n) is 5.71. The van der Waals surface area contributed by atoms with Crippen LogP contribution >= 0.6 is 0 Å². The van der Waals surface area contributed by atoms with Crippen LogP contribution in [0.2, 0.25) is 0 Å². The molecule has 0 atom stereocenters. The van der Waals surface area contributed by atoms with Gasteiger partial charge in [-0.25, -0.2) is 19.2 Å². The topological polar surface area (TPSA) is 79.7 Å². The largest absolute Gasteiger partial charge is 0.444 e. The lowest BCUT2D eigenvalue weighted by molar-refractivity contribution is 0.108. The molecule has 1 aromatic heterocycles. The second-order valence-corrected chi connectivity index (χ2v) is 11.9. The van der Waals surface area contributed by atoms with Gasteiger partial charge in [0.2, 0.25) is 0 Å². The van der Waals surface area contributed by atoms with E-state index < -0.39 is 17.7 Å². The number of hydrogen-bond acceptors (Lipinski definition) is 5. The van der Waals surface area contributed by atoms with E-state index in [0.29, 0.717) is 5.82 Å². The molecule has 0 radical (unpaired) electrons. The Kier molecular flexibility index (Phi) is 7.99. The maximum absolute atomic E-state index is 13.4. The minimum Gasteiger partial charge on any atom is -0.444 e. The first kappa shape index (κ1) is 27.9. The van der Waals surface area contributed by atoms with Crippen LogP contribution < -0.4 is 5.32 Å². The van der Waals surface area contributed by atoms with Crippen LogP contribution in [0.4, 0.5) is 15.4 Å². The number of benzene rings is 2. The number of amides is 3. The van der Waals surface area contributed by atoms with Gasteiger partial charge in [-0.05, 0) is 77.6 Å². The van der Waals surface area contributed by atoms with Gasteiger partial charge in [0, 0.05) is 24.1 Å². The molecule has 1 aliphatic heterocycles. The summed E-state index contributed by atoms with van der Waals surface area (Å²) in [6.07, 6.45) is 3.85. The Morgan fingerprint density at radius 2 is 1.65 bits per heavy atom. The number of aromatic nitrogens is 2. The normalized spacial score (nSPS) is 17.3. The summed E-state index contributed by atoms with van der Waals surface area (Å²) in [6, 6.07) is 22.3. The predicted molar refractivity (Wildman–Crippen MR) is 156 cm³/mol. The first-order valence-corrected chi connectivity index (χ1v) is 14.4. The molecule has 212 valence electrons. The fraction of sp³-hybridized carbons (Fsp3) is 0.469. The smallest absolute Gasteiger partial charge is 0.418 e. The Hall–Kier alpha value is -3.65. The predicted octanol–water partition coefficient (Wildman–Crippen LogP) is 6.37. The zero-order valence-electron chi connectivity index (χ0n) is 24.1. The van der Waals surface area contributed by atoms with E-state index in [1.54, 1.807) is 6.92 Å². The minimum absolute atomic E-state index is 0.102. The molecule has 3 amide bonds. The van der Waals surface area contributed by atoms with Gasteiger partial charge in [-0.15, -0.1) is 0 Å². The van der Waals surface area contributed by atoms with Crippen LogP contribution in [-0.2, 0) is 22.3 Å². The van der Waals surface area contributed by atoms with E-state index in [0.717, 1.165) is 48.1 Å². The minimum atomic E-state index is -0.681. The number of nitrogens with one attached hydrogen (secondary N) is 1. The van der Waals surface area contributed by atoms with Crippen molar-refractivity contribution in [1.82, 2.24) is 19.6 Å². The Labute approximate surface area is 237 Å². The summed E-state index contributed by atoms with van der Waals surface area (Å²) in [7, 11) is 0. The standard InChI is InChI=1S/C32H41N5O3/c1-5-36(30(39)40-23-24-12-8-6-9-13-24)29(38)33-28-22-27(34-37(28)31(2,3)4)32(25-14-10-7-11-15-25)18-20-35(21-19-32)26-16-17-26/h6-15,22,26H,5,16-21,23H2,1-4H3,(H,33,38). The van der Waals surface area contributed by atoms with Gasteiger partial charge in [-0.1, -0.05) is 60.7 Å². The zero-order valence-corrected chi connectivity index (χ0v) is 24.1.